The number of anilines is 2. The zero-order chi connectivity index (χ0) is 24.2. The van der Waals surface area contributed by atoms with Crippen LogP contribution in [0, 0.1) is 10.1 Å². The fraction of sp³-hybridized carbons (Fsp3) is 0.375. The fourth-order valence-electron chi connectivity index (χ4n) is 3.51. The van der Waals surface area contributed by atoms with Crippen LogP contribution in [0.4, 0.5) is 17.3 Å². The molecule has 0 saturated heterocycles. The normalized spacial score (nSPS) is 10.6. The standard InChI is InChI=1S/C24H29N5O5/c1-2-33-21(30)13-15-28(17-20-12-8-16-34-20)24-22(29(31)32)23(26-18-27-24)25-14-7-6-11-19-9-4-3-5-10-19/h3-5,8-10,12,16,18H,2,6-7,11,13-15,17H2,1H3,(H,25,26,27). The number of nitrogens with zero attached hydrogens (tertiary/aromatic N) is 4. The summed E-state index contributed by atoms with van der Waals surface area (Å²) in [6.45, 7) is 2.91. The van der Waals surface area contributed by atoms with E-state index >= 15 is 0 Å². The van der Waals surface area contributed by atoms with Gasteiger partial charge in [0.1, 0.15) is 12.1 Å². The summed E-state index contributed by atoms with van der Waals surface area (Å²) >= 11 is 0. The van der Waals surface area contributed by atoms with Crippen LogP contribution in [0.2, 0.25) is 0 Å². The minimum Gasteiger partial charge on any atom is -0.467 e. The Morgan fingerprint density at radius 3 is 2.71 bits per heavy atom. The van der Waals surface area contributed by atoms with Crippen LogP contribution in [0.1, 0.15) is 37.5 Å². The largest absolute Gasteiger partial charge is 0.467 e. The molecular formula is C24H29N5O5. The fourth-order valence-corrected chi connectivity index (χ4v) is 3.51. The Hall–Kier alpha value is -3.95. The second-order valence-electron chi connectivity index (χ2n) is 7.58. The molecule has 0 spiro atoms. The molecule has 0 bridgehead atoms. The zero-order valence-electron chi connectivity index (χ0n) is 19.2. The molecule has 0 atom stereocenters. The monoisotopic (exact) mass is 467 g/mol. The summed E-state index contributed by atoms with van der Waals surface area (Å²) in [5, 5.41) is 15.1. The van der Waals surface area contributed by atoms with E-state index < -0.39 is 4.92 Å². The van der Waals surface area contributed by atoms with Gasteiger partial charge in [-0.1, -0.05) is 30.3 Å². The lowest BCUT2D eigenvalue weighted by Crippen LogP contribution is -2.28. The lowest BCUT2D eigenvalue weighted by Gasteiger charge is -2.22. The molecule has 0 aliphatic rings. The molecule has 0 fully saturated rings. The van der Waals surface area contributed by atoms with E-state index in [0.717, 1.165) is 19.3 Å². The number of aryl methyl sites for hydroxylation is 1. The van der Waals surface area contributed by atoms with Crippen LogP contribution in [0.3, 0.4) is 0 Å². The lowest BCUT2D eigenvalue weighted by atomic mass is 10.1. The molecule has 0 saturated carbocycles. The molecule has 10 heteroatoms. The van der Waals surface area contributed by atoms with E-state index in [-0.39, 0.29) is 49.4 Å². The van der Waals surface area contributed by atoms with Gasteiger partial charge in [-0.05, 0) is 43.9 Å². The van der Waals surface area contributed by atoms with Crippen molar-refractivity contribution in [1.29, 1.82) is 0 Å². The van der Waals surface area contributed by atoms with Crippen LogP contribution in [0.15, 0.2) is 59.5 Å². The summed E-state index contributed by atoms with van der Waals surface area (Å²) in [5.41, 5.74) is 1.02. The Balaban J connectivity index is 1.71. The van der Waals surface area contributed by atoms with Crippen molar-refractivity contribution in [3.8, 4) is 0 Å². The predicted octanol–water partition coefficient (Wildman–Crippen LogP) is 4.37. The van der Waals surface area contributed by atoms with Crippen molar-refractivity contribution < 1.29 is 18.9 Å². The average molecular weight is 468 g/mol. The predicted molar refractivity (Wildman–Crippen MR) is 128 cm³/mol. The maximum absolute atomic E-state index is 12.0. The summed E-state index contributed by atoms with van der Waals surface area (Å²) in [4.78, 5) is 33.4. The number of carbonyl (C=O) groups is 1. The van der Waals surface area contributed by atoms with Gasteiger partial charge in [-0.25, -0.2) is 9.97 Å². The second-order valence-corrected chi connectivity index (χ2v) is 7.58. The summed E-state index contributed by atoms with van der Waals surface area (Å²) in [6, 6.07) is 13.7. The smallest absolute Gasteiger partial charge is 0.353 e. The maximum atomic E-state index is 12.0. The lowest BCUT2D eigenvalue weighted by molar-refractivity contribution is -0.383. The molecule has 0 radical (unpaired) electrons. The van der Waals surface area contributed by atoms with Crippen LogP contribution in [0.25, 0.3) is 0 Å². The van der Waals surface area contributed by atoms with Crippen molar-refractivity contribution in [2.75, 3.05) is 29.9 Å². The van der Waals surface area contributed by atoms with Gasteiger partial charge in [0.2, 0.25) is 11.6 Å². The van der Waals surface area contributed by atoms with Gasteiger partial charge in [-0.3, -0.25) is 14.9 Å². The number of aromatic nitrogens is 2. The third-order valence-corrected chi connectivity index (χ3v) is 5.13. The highest BCUT2D eigenvalue weighted by atomic mass is 16.6. The Morgan fingerprint density at radius 2 is 2.00 bits per heavy atom. The number of esters is 1. The highest BCUT2D eigenvalue weighted by Gasteiger charge is 2.28. The zero-order valence-corrected chi connectivity index (χ0v) is 19.2. The van der Waals surface area contributed by atoms with Gasteiger partial charge >= 0.3 is 11.7 Å². The van der Waals surface area contributed by atoms with Gasteiger partial charge in [0, 0.05) is 13.1 Å². The number of ether oxygens (including phenoxy) is 1. The van der Waals surface area contributed by atoms with E-state index in [2.05, 4.69) is 27.4 Å². The van der Waals surface area contributed by atoms with Crippen LogP contribution < -0.4 is 10.2 Å². The number of unbranched alkanes of at least 4 members (excludes halogenated alkanes) is 1. The number of nitrogens with one attached hydrogen (secondary N) is 1. The van der Waals surface area contributed by atoms with Crippen molar-refractivity contribution in [2.45, 2.75) is 39.2 Å². The highest BCUT2D eigenvalue weighted by Crippen LogP contribution is 2.33. The molecule has 0 aliphatic heterocycles. The molecule has 2 aromatic heterocycles. The number of furan rings is 1. The molecule has 34 heavy (non-hydrogen) atoms. The van der Waals surface area contributed by atoms with Crippen molar-refractivity contribution in [3.63, 3.8) is 0 Å². The van der Waals surface area contributed by atoms with Crippen molar-refractivity contribution in [1.82, 2.24) is 9.97 Å². The van der Waals surface area contributed by atoms with Gasteiger partial charge < -0.3 is 19.4 Å². The number of hydrogen-bond acceptors (Lipinski definition) is 9. The molecule has 0 unspecified atom stereocenters. The van der Waals surface area contributed by atoms with Gasteiger partial charge in [0.15, 0.2) is 0 Å². The Morgan fingerprint density at radius 1 is 1.18 bits per heavy atom. The molecule has 2 heterocycles. The first kappa shape index (κ1) is 24.7. The molecule has 180 valence electrons. The molecule has 10 nitrogen and oxygen atoms in total. The van der Waals surface area contributed by atoms with Crippen LogP contribution in [0.5, 0.6) is 0 Å². The van der Waals surface area contributed by atoms with Gasteiger partial charge in [-0.15, -0.1) is 0 Å². The van der Waals surface area contributed by atoms with Crippen LogP contribution in [-0.2, 0) is 22.5 Å². The number of carbonyl (C=O) groups excluding carboxylic acids is 1. The number of benzene rings is 1. The van der Waals surface area contributed by atoms with Gasteiger partial charge in [-0.2, -0.15) is 0 Å². The number of rotatable bonds is 14. The van der Waals surface area contributed by atoms with E-state index in [9.17, 15) is 14.9 Å². The first-order valence-electron chi connectivity index (χ1n) is 11.3. The topological polar surface area (TPSA) is 124 Å². The van der Waals surface area contributed by atoms with Crippen LogP contribution in [-0.4, -0.2) is 40.6 Å². The second kappa shape index (κ2) is 12.9. The summed E-state index contributed by atoms with van der Waals surface area (Å²) < 4.78 is 10.4. The van der Waals surface area contributed by atoms with Crippen molar-refractivity contribution in [3.05, 3.63) is 76.5 Å². The SMILES string of the molecule is CCOC(=O)CCN(Cc1ccco1)c1ncnc(NCCCCc2ccccc2)c1[N+](=O)[O-]. The van der Waals surface area contributed by atoms with E-state index in [1.165, 1.54) is 18.2 Å². The van der Waals surface area contributed by atoms with Gasteiger partial charge in [0.05, 0.1) is 30.8 Å². The van der Waals surface area contributed by atoms with Crippen molar-refractivity contribution >= 4 is 23.3 Å². The molecule has 3 rings (SSSR count). The maximum Gasteiger partial charge on any atom is 0.353 e. The average Bonchev–Trinajstić information content (AvgIpc) is 3.35. The van der Waals surface area contributed by atoms with Crippen molar-refractivity contribution in [2.24, 2.45) is 0 Å². The summed E-state index contributed by atoms with van der Waals surface area (Å²) in [7, 11) is 0. The molecule has 1 aromatic carbocycles. The molecule has 0 aliphatic carbocycles. The Bertz CT molecular complexity index is 1040. The van der Waals surface area contributed by atoms with E-state index in [1.54, 1.807) is 24.0 Å². The third-order valence-electron chi connectivity index (χ3n) is 5.13. The number of nitro groups is 1. The van der Waals surface area contributed by atoms with E-state index in [0.29, 0.717) is 12.3 Å². The summed E-state index contributed by atoms with van der Waals surface area (Å²) in [5.74, 6) is 0.468. The molecular weight excluding hydrogens is 438 g/mol. The number of hydrogen-bond donors (Lipinski definition) is 1. The minimum atomic E-state index is -0.499. The first-order valence-corrected chi connectivity index (χ1v) is 11.3. The van der Waals surface area contributed by atoms with E-state index in [1.807, 2.05) is 18.2 Å². The minimum absolute atomic E-state index is 0.0535. The summed E-state index contributed by atoms with van der Waals surface area (Å²) in [6.07, 6.45) is 5.56. The highest BCUT2D eigenvalue weighted by molar-refractivity contribution is 5.73. The Labute approximate surface area is 198 Å². The molecule has 0 amide bonds. The Kier molecular flexibility index (Phi) is 9.39. The van der Waals surface area contributed by atoms with Gasteiger partial charge in [0.25, 0.3) is 0 Å². The first-order chi connectivity index (χ1) is 16.6. The van der Waals surface area contributed by atoms with E-state index in [4.69, 9.17) is 9.15 Å². The molecule has 3 aromatic rings. The quantitative estimate of drug-likeness (QED) is 0.159. The molecule has 1 N–H and O–H groups in total. The third kappa shape index (κ3) is 7.29. The van der Waals surface area contributed by atoms with Crippen LogP contribution >= 0.6 is 0 Å².